The molecule has 2 aromatic rings. The highest BCUT2D eigenvalue weighted by Gasteiger charge is 2.32. The fourth-order valence-electron chi connectivity index (χ4n) is 3.99. The number of rotatable bonds is 4. The fourth-order valence-corrected chi connectivity index (χ4v) is 3.99. The maximum absolute atomic E-state index is 12.8. The minimum absolute atomic E-state index is 0.196. The summed E-state index contributed by atoms with van der Waals surface area (Å²) >= 11 is 0. The number of piperazine rings is 3. The Balaban J connectivity index is 1.58. The smallest absolute Gasteiger partial charge is 0.256 e. The normalized spacial score (nSPS) is 24.8. The Kier molecular flexibility index (Phi) is 4.50. The van der Waals surface area contributed by atoms with Crippen LogP contribution in [0.15, 0.2) is 23.1 Å². The van der Waals surface area contributed by atoms with Crippen LogP contribution in [0.5, 0.6) is 0 Å². The van der Waals surface area contributed by atoms with Crippen molar-refractivity contribution in [2.45, 2.75) is 26.4 Å². The highest BCUT2D eigenvalue weighted by Crippen LogP contribution is 2.15. The molecule has 0 radical (unpaired) electrons. The van der Waals surface area contributed by atoms with Crippen LogP contribution in [0.3, 0.4) is 0 Å². The average molecular weight is 355 g/mol. The second kappa shape index (κ2) is 6.81. The molecule has 26 heavy (non-hydrogen) atoms. The quantitative estimate of drug-likeness (QED) is 0.863. The monoisotopic (exact) mass is 355 g/mol. The standard InChI is InChI=1S/C19H25N5O2/c1-3-23-12-16(17(25)15-5-4-13(2)21-18(15)23)19(26)20-10-14-11-22-6-8-24(14)9-7-22/h4-5,12,14H,3,6-11H2,1-2H3,(H,20,26). The molecular formula is C19H25N5O2. The van der Waals surface area contributed by atoms with E-state index in [2.05, 4.69) is 20.1 Å². The first-order chi connectivity index (χ1) is 12.6. The lowest BCUT2D eigenvalue weighted by Gasteiger charge is -2.47. The molecule has 3 aliphatic rings. The van der Waals surface area contributed by atoms with Gasteiger partial charge in [0.05, 0.1) is 5.39 Å². The van der Waals surface area contributed by atoms with Crippen molar-refractivity contribution in [2.24, 2.45) is 0 Å². The number of nitrogens with one attached hydrogen (secondary N) is 1. The van der Waals surface area contributed by atoms with Gasteiger partial charge in [0.15, 0.2) is 0 Å². The number of hydrogen-bond acceptors (Lipinski definition) is 5. The number of aryl methyl sites for hydroxylation is 2. The largest absolute Gasteiger partial charge is 0.350 e. The van der Waals surface area contributed by atoms with Gasteiger partial charge in [-0.1, -0.05) is 0 Å². The van der Waals surface area contributed by atoms with Crippen LogP contribution in [0.1, 0.15) is 23.0 Å². The number of carbonyl (C=O) groups is 1. The molecule has 138 valence electrons. The predicted octanol–water partition coefficient (Wildman–Crippen LogP) is 0.454. The molecule has 1 N–H and O–H groups in total. The molecule has 3 aliphatic heterocycles. The maximum Gasteiger partial charge on any atom is 0.256 e. The Morgan fingerprint density at radius 1 is 1.27 bits per heavy atom. The van der Waals surface area contributed by atoms with Crippen molar-refractivity contribution >= 4 is 16.9 Å². The van der Waals surface area contributed by atoms with Gasteiger partial charge in [-0.25, -0.2) is 4.98 Å². The molecule has 7 heteroatoms. The third-order valence-corrected chi connectivity index (χ3v) is 5.54. The summed E-state index contributed by atoms with van der Waals surface area (Å²) in [6.07, 6.45) is 1.64. The van der Waals surface area contributed by atoms with Gasteiger partial charge in [0.1, 0.15) is 11.2 Å². The first-order valence-corrected chi connectivity index (χ1v) is 9.32. The summed E-state index contributed by atoms with van der Waals surface area (Å²) in [5.74, 6) is -0.294. The van der Waals surface area contributed by atoms with Crippen LogP contribution in [0.4, 0.5) is 0 Å². The van der Waals surface area contributed by atoms with Crippen molar-refractivity contribution in [3.63, 3.8) is 0 Å². The summed E-state index contributed by atoms with van der Waals surface area (Å²) < 4.78 is 1.87. The number of pyridine rings is 2. The summed E-state index contributed by atoms with van der Waals surface area (Å²) in [6, 6.07) is 3.91. The van der Waals surface area contributed by atoms with E-state index in [0.29, 0.717) is 30.2 Å². The Morgan fingerprint density at radius 3 is 2.69 bits per heavy atom. The van der Waals surface area contributed by atoms with Crippen molar-refractivity contribution in [3.05, 3.63) is 39.8 Å². The third kappa shape index (κ3) is 3.01. The molecule has 3 saturated heterocycles. The molecule has 2 aromatic heterocycles. The van der Waals surface area contributed by atoms with Crippen molar-refractivity contribution < 1.29 is 4.79 Å². The molecule has 1 unspecified atom stereocenters. The Bertz CT molecular complexity index is 899. The molecule has 0 saturated carbocycles. The Labute approximate surface area is 152 Å². The van der Waals surface area contributed by atoms with Gasteiger partial charge in [-0.15, -0.1) is 0 Å². The second-order valence-corrected chi connectivity index (χ2v) is 7.18. The molecule has 1 amide bonds. The molecule has 5 heterocycles. The van der Waals surface area contributed by atoms with Gasteiger partial charge >= 0.3 is 0 Å². The van der Waals surface area contributed by atoms with Crippen LogP contribution < -0.4 is 10.7 Å². The minimum atomic E-state index is -0.294. The Morgan fingerprint density at radius 2 is 2.04 bits per heavy atom. The molecule has 3 fully saturated rings. The number of aromatic nitrogens is 2. The number of fused-ring (bicyclic) bond motifs is 4. The zero-order valence-corrected chi connectivity index (χ0v) is 15.4. The number of nitrogens with zero attached hydrogens (tertiary/aromatic N) is 4. The van der Waals surface area contributed by atoms with E-state index in [1.54, 1.807) is 12.3 Å². The van der Waals surface area contributed by atoms with Gasteiger partial charge < -0.3 is 9.88 Å². The summed E-state index contributed by atoms with van der Waals surface area (Å²) in [4.78, 5) is 34.8. The highest BCUT2D eigenvalue weighted by molar-refractivity contribution is 5.96. The van der Waals surface area contributed by atoms with Gasteiger partial charge in [-0.3, -0.25) is 19.4 Å². The van der Waals surface area contributed by atoms with Gasteiger partial charge in [-0.2, -0.15) is 0 Å². The molecule has 0 spiro atoms. The van der Waals surface area contributed by atoms with Gasteiger partial charge in [0, 0.05) is 63.7 Å². The van der Waals surface area contributed by atoms with Crippen molar-refractivity contribution in [1.82, 2.24) is 24.7 Å². The minimum Gasteiger partial charge on any atom is -0.350 e. The second-order valence-electron chi connectivity index (χ2n) is 7.18. The van der Waals surface area contributed by atoms with Crippen molar-refractivity contribution in [2.75, 3.05) is 39.3 Å². The van der Waals surface area contributed by atoms with E-state index >= 15 is 0 Å². The van der Waals surface area contributed by atoms with Crippen LogP contribution in [-0.4, -0.2) is 70.6 Å². The van der Waals surface area contributed by atoms with E-state index in [4.69, 9.17) is 0 Å². The van der Waals surface area contributed by atoms with Crippen molar-refractivity contribution in [1.29, 1.82) is 0 Å². The lowest BCUT2D eigenvalue weighted by molar-refractivity contribution is 0.0138. The van der Waals surface area contributed by atoms with Gasteiger partial charge in [0.25, 0.3) is 5.91 Å². The first kappa shape index (κ1) is 17.2. The molecule has 7 nitrogen and oxygen atoms in total. The number of hydrogen-bond donors (Lipinski definition) is 1. The number of amides is 1. The zero-order valence-electron chi connectivity index (χ0n) is 15.4. The lowest BCUT2D eigenvalue weighted by atomic mass is 10.1. The molecule has 1 atom stereocenters. The maximum atomic E-state index is 12.8. The van der Waals surface area contributed by atoms with Crippen LogP contribution >= 0.6 is 0 Å². The topological polar surface area (TPSA) is 70.5 Å². The Hall–Kier alpha value is -2.25. The zero-order chi connectivity index (χ0) is 18.3. The van der Waals surface area contributed by atoms with E-state index in [-0.39, 0.29) is 16.9 Å². The van der Waals surface area contributed by atoms with E-state index in [0.717, 1.165) is 38.4 Å². The van der Waals surface area contributed by atoms with Crippen LogP contribution in [0.25, 0.3) is 11.0 Å². The molecule has 2 bridgehead atoms. The molecule has 0 aliphatic carbocycles. The third-order valence-electron chi connectivity index (χ3n) is 5.54. The summed E-state index contributed by atoms with van der Waals surface area (Å²) in [6.45, 7) is 10.4. The lowest BCUT2D eigenvalue weighted by Crippen LogP contribution is -2.63. The summed E-state index contributed by atoms with van der Waals surface area (Å²) in [5, 5.41) is 3.48. The first-order valence-electron chi connectivity index (χ1n) is 9.32. The molecular weight excluding hydrogens is 330 g/mol. The van der Waals surface area contributed by atoms with E-state index in [1.807, 2.05) is 24.5 Å². The van der Waals surface area contributed by atoms with Crippen LogP contribution in [-0.2, 0) is 6.54 Å². The van der Waals surface area contributed by atoms with E-state index in [1.165, 1.54) is 0 Å². The molecule has 0 aromatic carbocycles. The predicted molar refractivity (Wildman–Crippen MR) is 101 cm³/mol. The van der Waals surface area contributed by atoms with Gasteiger partial charge in [0.2, 0.25) is 5.43 Å². The molecule has 5 rings (SSSR count). The number of carbonyl (C=O) groups excluding carboxylic acids is 1. The highest BCUT2D eigenvalue weighted by atomic mass is 16.2. The van der Waals surface area contributed by atoms with E-state index < -0.39 is 0 Å². The van der Waals surface area contributed by atoms with Crippen LogP contribution in [0.2, 0.25) is 0 Å². The van der Waals surface area contributed by atoms with Crippen LogP contribution in [0, 0.1) is 6.92 Å². The summed E-state index contributed by atoms with van der Waals surface area (Å²) in [7, 11) is 0. The fraction of sp³-hybridized carbons (Fsp3) is 0.526. The summed E-state index contributed by atoms with van der Waals surface area (Å²) in [5.41, 5.74) is 1.44. The van der Waals surface area contributed by atoms with Gasteiger partial charge in [-0.05, 0) is 26.0 Å². The van der Waals surface area contributed by atoms with E-state index in [9.17, 15) is 9.59 Å². The average Bonchev–Trinajstić information content (AvgIpc) is 2.67. The SMILES string of the molecule is CCn1cc(C(=O)NCC2CN3CCN2CC3)c(=O)c2ccc(C)nc21. The van der Waals surface area contributed by atoms with Crippen molar-refractivity contribution in [3.8, 4) is 0 Å².